The molecule has 0 aromatic heterocycles. The van der Waals surface area contributed by atoms with Crippen LogP contribution in [-0.2, 0) is 25.6 Å². The molecule has 0 saturated carbocycles. The van der Waals surface area contributed by atoms with E-state index in [1.807, 2.05) is 13.8 Å². The zero-order valence-corrected chi connectivity index (χ0v) is 19.4. The zero-order chi connectivity index (χ0) is 25.4. The number of amides is 3. The third kappa shape index (κ3) is 7.42. The Morgan fingerprint density at radius 1 is 1.12 bits per heavy atom. The maximum Gasteiger partial charge on any atom is 0.326 e. The Bertz CT molecular complexity index is 875. The first kappa shape index (κ1) is 27.1. The van der Waals surface area contributed by atoms with Gasteiger partial charge < -0.3 is 36.6 Å². The second-order valence-electron chi connectivity index (χ2n) is 8.94. The molecule has 7 N–H and O–H groups in total. The van der Waals surface area contributed by atoms with Crippen LogP contribution in [0.4, 0.5) is 0 Å². The van der Waals surface area contributed by atoms with Crippen LogP contribution < -0.4 is 16.4 Å². The van der Waals surface area contributed by atoms with Crippen LogP contribution in [0.25, 0.3) is 0 Å². The highest BCUT2D eigenvalue weighted by Gasteiger charge is 2.38. The Labute approximate surface area is 198 Å². The summed E-state index contributed by atoms with van der Waals surface area (Å²) >= 11 is 0. The number of phenolic OH excluding ortho intramolecular Hbond substituents is 1. The van der Waals surface area contributed by atoms with E-state index in [4.69, 9.17) is 5.73 Å². The van der Waals surface area contributed by atoms with Gasteiger partial charge in [-0.25, -0.2) is 4.79 Å². The number of likely N-dealkylation sites (tertiary alicyclic amines) is 1. The van der Waals surface area contributed by atoms with Crippen molar-refractivity contribution in [1.29, 1.82) is 0 Å². The summed E-state index contributed by atoms with van der Waals surface area (Å²) in [6, 6.07) is 1.58. The highest BCUT2D eigenvalue weighted by atomic mass is 16.4. The highest BCUT2D eigenvalue weighted by molar-refractivity contribution is 5.94. The van der Waals surface area contributed by atoms with Crippen molar-refractivity contribution >= 4 is 23.7 Å². The molecule has 1 aliphatic heterocycles. The number of rotatable bonds is 11. The molecule has 34 heavy (non-hydrogen) atoms. The lowest BCUT2D eigenvalue weighted by Gasteiger charge is -2.28. The lowest BCUT2D eigenvalue weighted by Crippen LogP contribution is -2.57. The van der Waals surface area contributed by atoms with Crippen molar-refractivity contribution in [3.8, 4) is 5.75 Å². The van der Waals surface area contributed by atoms with Gasteiger partial charge in [0, 0.05) is 13.0 Å². The van der Waals surface area contributed by atoms with Gasteiger partial charge in [-0.05, 0) is 42.9 Å². The van der Waals surface area contributed by atoms with Gasteiger partial charge in [-0.2, -0.15) is 0 Å². The van der Waals surface area contributed by atoms with Crippen LogP contribution in [0.2, 0.25) is 0 Å². The molecule has 188 valence electrons. The van der Waals surface area contributed by atoms with Crippen molar-refractivity contribution in [2.24, 2.45) is 11.7 Å². The normalized spacial score (nSPS) is 18.3. The largest absolute Gasteiger partial charge is 0.508 e. The summed E-state index contributed by atoms with van der Waals surface area (Å²) in [4.78, 5) is 51.2. The molecule has 11 heteroatoms. The van der Waals surface area contributed by atoms with Crippen LogP contribution in [0.15, 0.2) is 24.3 Å². The lowest BCUT2D eigenvalue weighted by atomic mass is 10.0. The van der Waals surface area contributed by atoms with E-state index in [2.05, 4.69) is 10.6 Å². The minimum atomic E-state index is -1.39. The van der Waals surface area contributed by atoms with E-state index >= 15 is 0 Å². The fourth-order valence-corrected chi connectivity index (χ4v) is 3.93. The van der Waals surface area contributed by atoms with E-state index in [-0.39, 0.29) is 24.0 Å². The van der Waals surface area contributed by atoms with Gasteiger partial charge in [0.05, 0.1) is 12.6 Å². The number of hydrogen-bond acceptors (Lipinski definition) is 7. The van der Waals surface area contributed by atoms with Crippen molar-refractivity contribution in [3.63, 3.8) is 0 Å². The van der Waals surface area contributed by atoms with Gasteiger partial charge in [-0.3, -0.25) is 14.4 Å². The number of aliphatic hydroxyl groups excluding tert-OH is 1. The molecule has 1 aromatic carbocycles. The average Bonchev–Trinajstić information content (AvgIpc) is 3.27. The summed E-state index contributed by atoms with van der Waals surface area (Å²) < 4.78 is 0. The number of aliphatic carboxylic acids is 1. The number of carbonyl (C=O) groups excluding carboxylic acids is 3. The van der Waals surface area contributed by atoms with Gasteiger partial charge in [0.2, 0.25) is 17.7 Å². The molecule has 0 radical (unpaired) electrons. The predicted molar refractivity (Wildman–Crippen MR) is 123 cm³/mol. The number of benzene rings is 1. The molecule has 1 aromatic rings. The first-order chi connectivity index (χ1) is 16.0. The van der Waals surface area contributed by atoms with Crippen LogP contribution in [0.1, 0.15) is 38.7 Å². The summed E-state index contributed by atoms with van der Waals surface area (Å²) in [5.74, 6) is -2.88. The number of phenols is 1. The first-order valence-electron chi connectivity index (χ1n) is 11.3. The maximum atomic E-state index is 12.8. The third-order valence-electron chi connectivity index (χ3n) is 5.69. The summed E-state index contributed by atoms with van der Waals surface area (Å²) in [6.45, 7) is 3.50. The molecule has 4 atom stereocenters. The summed E-state index contributed by atoms with van der Waals surface area (Å²) in [5, 5.41) is 33.3. The monoisotopic (exact) mass is 478 g/mol. The van der Waals surface area contributed by atoms with E-state index in [0.29, 0.717) is 31.4 Å². The number of aromatic hydroxyl groups is 1. The Balaban J connectivity index is 2.02. The molecule has 1 saturated heterocycles. The predicted octanol–water partition coefficient (Wildman–Crippen LogP) is -0.654. The molecular formula is C23H34N4O7. The van der Waals surface area contributed by atoms with Crippen LogP contribution in [0, 0.1) is 5.92 Å². The molecule has 1 aliphatic rings. The van der Waals surface area contributed by atoms with Crippen LogP contribution in [0.3, 0.4) is 0 Å². The van der Waals surface area contributed by atoms with E-state index in [1.165, 1.54) is 29.2 Å². The standard InChI is InChI=1S/C23H34N4O7/c1-13(2)10-16(24)22(32)27-9-3-4-19(27)21(31)26-18(12-28)20(30)25-17(23(33)34)11-14-5-7-15(29)8-6-14/h5-8,13,16-19,28-29H,3-4,9-12,24H2,1-2H3,(H,25,30)(H,26,31)(H,33,34). The minimum absolute atomic E-state index is 0.0207. The number of nitrogens with one attached hydrogen (secondary N) is 2. The van der Waals surface area contributed by atoms with E-state index in [0.717, 1.165) is 0 Å². The minimum Gasteiger partial charge on any atom is -0.508 e. The Morgan fingerprint density at radius 2 is 1.76 bits per heavy atom. The molecule has 0 spiro atoms. The average molecular weight is 479 g/mol. The molecule has 11 nitrogen and oxygen atoms in total. The zero-order valence-electron chi connectivity index (χ0n) is 19.4. The highest BCUT2D eigenvalue weighted by Crippen LogP contribution is 2.20. The van der Waals surface area contributed by atoms with Gasteiger partial charge in [-0.1, -0.05) is 26.0 Å². The molecule has 2 rings (SSSR count). The SMILES string of the molecule is CC(C)CC(N)C(=O)N1CCCC1C(=O)NC(CO)C(=O)NC(Cc1ccc(O)cc1)C(=O)O. The lowest BCUT2D eigenvalue weighted by molar-refractivity contribution is -0.143. The van der Waals surface area contributed by atoms with Gasteiger partial charge in [0.1, 0.15) is 23.9 Å². The fourth-order valence-electron chi connectivity index (χ4n) is 3.93. The third-order valence-corrected chi connectivity index (χ3v) is 5.69. The number of carboxylic acids is 1. The molecule has 4 unspecified atom stereocenters. The van der Waals surface area contributed by atoms with Crippen LogP contribution >= 0.6 is 0 Å². The van der Waals surface area contributed by atoms with Crippen molar-refractivity contribution in [1.82, 2.24) is 15.5 Å². The number of nitrogens with zero attached hydrogens (tertiary/aromatic N) is 1. The molecule has 0 bridgehead atoms. The summed E-state index contributed by atoms with van der Waals surface area (Å²) in [6.07, 6.45) is 1.40. The Morgan fingerprint density at radius 3 is 2.32 bits per heavy atom. The second kappa shape index (κ2) is 12.3. The quantitative estimate of drug-likeness (QED) is 0.242. The fraction of sp³-hybridized carbons (Fsp3) is 0.565. The summed E-state index contributed by atoms with van der Waals surface area (Å²) in [7, 11) is 0. The Hall–Kier alpha value is -3.18. The molecule has 3 amide bonds. The number of hydrogen-bond donors (Lipinski definition) is 6. The number of aliphatic hydroxyl groups is 1. The van der Waals surface area contributed by atoms with E-state index in [1.54, 1.807) is 0 Å². The molecule has 1 heterocycles. The van der Waals surface area contributed by atoms with Gasteiger partial charge in [0.15, 0.2) is 0 Å². The van der Waals surface area contributed by atoms with Crippen molar-refractivity contribution in [2.75, 3.05) is 13.2 Å². The van der Waals surface area contributed by atoms with E-state index in [9.17, 15) is 34.5 Å². The molecule has 1 fully saturated rings. The smallest absolute Gasteiger partial charge is 0.326 e. The molecule has 0 aliphatic carbocycles. The number of carboxylic acid groups (broad SMARTS) is 1. The second-order valence-corrected chi connectivity index (χ2v) is 8.94. The van der Waals surface area contributed by atoms with Gasteiger partial charge in [0.25, 0.3) is 0 Å². The van der Waals surface area contributed by atoms with E-state index < -0.39 is 48.6 Å². The number of nitrogens with two attached hydrogens (primary N) is 1. The maximum absolute atomic E-state index is 12.8. The topological polar surface area (TPSA) is 182 Å². The van der Waals surface area contributed by atoms with Crippen molar-refractivity contribution in [2.45, 2.75) is 63.7 Å². The summed E-state index contributed by atoms with van der Waals surface area (Å²) in [5.41, 5.74) is 6.56. The van der Waals surface area contributed by atoms with Gasteiger partial charge in [-0.15, -0.1) is 0 Å². The van der Waals surface area contributed by atoms with Crippen molar-refractivity contribution in [3.05, 3.63) is 29.8 Å². The van der Waals surface area contributed by atoms with Crippen molar-refractivity contribution < 1.29 is 34.5 Å². The Kier molecular flexibility index (Phi) is 9.82. The van der Waals surface area contributed by atoms with Crippen LogP contribution in [0.5, 0.6) is 5.75 Å². The molecular weight excluding hydrogens is 444 g/mol. The number of carbonyl (C=O) groups is 4. The van der Waals surface area contributed by atoms with Crippen LogP contribution in [-0.4, -0.2) is 81.2 Å². The first-order valence-corrected chi connectivity index (χ1v) is 11.3. The van der Waals surface area contributed by atoms with Gasteiger partial charge >= 0.3 is 5.97 Å².